The number of rotatable bonds is 8. The predicted octanol–water partition coefficient (Wildman–Crippen LogP) is 8.07. The smallest absolute Gasteiger partial charge is 0.330 e. The molecule has 5 nitrogen and oxygen atoms in total. The second kappa shape index (κ2) is 10.7. The van der Waals surface area contributed by atoms with Gasteiger partial charge in [0.15, 0.2) is 0 Å². The van der Waals surface area contributed by atoms with Crippen molar-refractivity contribution < 1.29 is 19.2 Å². The molecule has 0 saturated heterocycles. The fourth-order valence-electron chi connectivity index (χ4n) is 4.72. The van der Waals surface area contributed by atoms with Gasteiger partial charge in [0.1, 0.15) is 11.2 Å². The van der Waals surface area contributed by atoms with E-state index < -0.39 is 5.97 Å². The van der Waals surface area contributed by atoms with E-state index in [1.165, 1.54) is 0 Å². The van der Waals surface area contributed by atoms with Gasteiger partial charge in [-0.05, 0) is 28.3 Å². The normalized spacial score (nSPS) is 11.6. The van der Waals surface area contributed by atoms with E-state index >= 15 is 0 Å². The third-order valence-electron chi connectivity index (χ3n) is 6.66. The van der Waals surface area contributed by atoms with Crippen LogP contribution in [0, 0.1) is 0 Å². The van der Waals surface area contributed by atoms with E-state index in [0.29, 0.717) is 5.70 Å². The number of furan rings is 1. The number of carboxylic acids is 1. The third-order valence-corrected chi connectivity index (χ3v) is 6.66. The highest BCUT2D eigenvalue weighted by molar-refractivity contribution is 6.09. The van der Waals surface area contributed by atoms with E-state index in [1.54, 1.807) is 0 Å². The van der Waals surface area contributed by atoms with Gasteiger partial charge in [-0.1, -0.05) is 115 Å². The van der Waals surface area contributed by atoms with Gasteiger partial charge in [0, 0.05) is 28.0 Å². The van der Waals surface area contributed by atoms with Crippen molar-refractivity contribution in [2.24, 2.45) is 0 Å². The lowest BCUT2D eigenvalue weighted by molar-refractivity contribution is -0.131. The highest BCUT2D eigenvalue weighted by Gasteiger charge is 2.12. The van der Waals surface area contributed by atoms with Crippen LogP contribution in [0.25, 0.3) is 49.9 Å². The Morgan fingerprint density at radius 1 is 0.718 bits per heavy atom. The molecule has 0 radical (unpaired) electrons. The summed E-state index contributed by atoms with van der Waals surface area (Å²) < 4.78 is 6.21. The van der Waals surface area contributed by atoms with Crippen molar-refractivity contribution in [1.82, 2.24) is 5.48 Å². The summed E-state index contributed by atoms with van der Waals surface area (Å²) in [6, 6.07) is 40.2. The fraction of sp³-hybridized carbons (Fsp3) is 0.0294. The second-order valence-corrected chi connectivity index (χ2v) is 9.21. The molecule has 0 aliphatic rings. The molecule has 0 unspecified atom stereocenters. The molecule has 5 heteroatoms. The van der Waals surface area contributed by atoms with E-state index in [0.717, 1.165) is 61.4 Å². The average molecular weight is 512 g/mol. The lowest BCUT2D eigenvalue weighted by atomic mass is 9.98. The van der Waals surface area contributed by atoms with Crippen LogP contribution in [0.3, 0.4) is 0 Å². The molecule has 0 atom stereocenters. The largest absolute Gasteiger partial charge is 0.478 e. The van der Waals surface area contributed by atoms with E-state index in [2.05, 4.69) is 66.1 Å². The van der Waals surface area contributed by atoms with Crippen molar-refractivity contribution >= 4 is 33.6 Å². The molecule has 1 aromatic heterocycles. The number of fused-ring (bicyclic) bond motifs is 3. The van der Waals surface area contributed by atoms with Gasteiger partial charge in [0.25, 0.3) is 0 Å². The number of aliphatic carboxylic acids is 1. The molecule has 0 spiro atoms. The summed E-state index contributed by atoms with van der Waals surface area (Å²) >= 11 is 0. The molecule has 6 aromatic rings. The number of nitrogens with one attached hydrogen (secondary N) is 1. The topological polar surface area (TPSA) is 71.7 Å². The van der Waals surface area contributed by atoms with Crippen LogP contribution in [0.2, 0.25) is 0 Å². The molecule has 6 rings (SSSR count). The van der Waals surface area contributed by atoms with Crippen LogP contribution in [0.5, 0.6) is 0 Å². The number of para-hydroxylation sites is 2. The zero-order valence-corrected chi connectivity index (χ0v) is 21.0. The summed E-state index contributed by atoms with van der Waals surface area (Å²) in [7, 11) is 0. The lowest BCUT2D eigenvalue weighted by Gasteiger charge is -2.11. The first-order valence-corrected chi connectivity index (χ1v) is 12.6. The molecule has 2 N–H and O–H groups in total. The molecular formula is C34H25NO4. The van der Waals surface area contributed by atoms with E-state index in [4.69, 9.17) is 9.25 Å². The van der Waals surface area contributed by atoms with Crippen LogP contribution in [0.1, 0.15) is 11.1 Å². The summed E-state index contributed by atoms with van der Waals surface area (Å²) in [6.07, 6.45) is 1.09. The quantitative estimate of drug-likeness (QED) is 0.160. The molecule has 190 valence electrons. The van der Waals surface area contributed by atoms with Gasteiger partial charge in [0.2, 0.25) is 0 Å². The maximum atomic E-state index is 11.2. The molecule has 0 bridgehead atoms. The first-order valence-electron chi connectivity index (χ1n) is 12.6. The number of hydrogen-bond donors (Lipinski definition) is 2. The maximum Gasteiger partial charge on any atom is 0.330 e. The number of carbonyl (C=O) groups is 1. The van der Waals surface area contributed by atoms with Gasteiger partial charge in [-0.25, -0.2) is 4.79 Å². The zero-order valence-electron chi connectivity index (χ0n) is 21.0. The van der Waals surface area contributed by atoms with Crippen LogP contribution in [0.15, 0.2) is 132 Å². The van der Waals surface area contributed by atoms with Gasteiger partial charge < -0.3 is 9.52 Å². The Labute approximate surface area is 225 Å². The lowest BCUT2D eigenvalue weighted by Crippen LogP contribution is -2.14. The van der Waals surface area contributed by atoms with Crippen molar-refractivity contribution in [2.45, 2.75) is 6.61 Å². The highest BCUT2D eigenvalue weighted by Crippen LogP contribution is 2.36. The highest BCUT2D eigenvalue weighted by atomic mass is 16.6. The predicted molar refractivity (Wildman–Crippen MR) is 155 cm³/mol. The minimum atomic E-state index is -1.05. The molecule has 0 amide bonds. The third kappa shape index (κ3) is 5.17. The van der Waals surface area contributed by atoms with Crippen LogP contribution in [0.4, 0.5) is 0 Å². The molecule has 0 aliphatic carbocycles. The summed E-state index contributed by atoms with van der Waals surface area (Å²) in [5, 5.41) is 11.4. The average Bonchev–Trinajstić information content (AvgIpc) is 3.36. The van der Waals surface area contributed by atoms with Gasteiger partial charge in [-0.3, -0.25) is 10.3 Å². The Balaban J connectivity index is 1.15. The van der Waals surface area contributed by atoms with Crippen molar-refractivity contribution in [1.29, 1.82) is 0 Å². The van der Waals surface area contributed by atoms with Crippen LogP contribution < -0.4 is 5.48 Å². The SMILES string of the molecule is O=C(O)C=C(NOCc1ccc(-c2ccc(-c3cccc4c3oc3ccccc34)cc2)cc1)c1ccccc1. The van der Waals surface area contributed by atoms with E-state index in [-0.39, 0.29) is 6.61 Å². The monoisotopic (exact) mass is 511 g/mol. The standard InChI is InChI=1S/C34H25NO4/c36-33(37)21-31(27-7-2-1-3-8-27)35-38-22-23-13-15-24(16-14-23)25-17-19-26(20-18-25)28-10-6-11-30-29-9-4-5-12-32(29)39-34(28)30/h1-21,35H,22H2,(H,36,37). The van der Waals surface area contributed by atoms with E-state index in [9.17, 15) is 9.90 Å². The number of hydroxylamine groups is 1. The first kappa shape index (κ1) is 24.2. The van der Waals surface area contributed by atoms with Crippen molar-refractivity contribution in [3.05, 3.63) is 139 Å². The minimum Gasteiger partial charge on any atom is -0.478 e. The Morgan fingerprint density at radius 2 is 1.36 bits per heavy atom. The van der Waals surface area contributed by atoms with Crippen molar-refractivity contribution in [3.8, 4) is 22.3 Å². The summed E-state index contributed by atoms with van der Waals surface area (Å²) in [5.74, 6) is -1.05. The van der Waals surface area contributed by atoms with Gasteiger partial charge >= 0.3 is 5.97 Å². The number of benzene rings is 5. The van der Waals surface area contributed by atoms with Gasteiger partial charge in [-0.15, -0.1) is 0 Å². The zero-order chi connectivity index (χ0) is 26.6. The van der Waals surface area contributed by atoms with Gasteiger partial charge in [0.05, 0.1) is 12.3 Å². The Hall–Kier alpha value is -5.13. The van der Waals surface area contributed by atoms with Gasteiger partial charge in [-0.2, -0.15) is 0 Å². The number of carboxylic acid groups (broad SMARTS) is 1. The molecule has 39 heavy (non-hydrogen) atoms. The molecule has 0 saturated carbocycles. The fourth-order valence-corrected chi connectivity index (χ4v) is 4.72. The van der Waals surface area contributed by atoms with E-state index in [1.807, 2.05) is 60.7 Å². The molecule has 0 fully saturated rings. The van der Waals surface area contributed by atoms with Crippen molar-refractivity contribution in [2.75, 3.05) is 0 Å². The first-order chi connectivity index (χ1) is 19.2. The summed E-state index contributed by atoms with van der Waals surface area (Å²) in [5.41, 5.74) is 11.0. The molecule has 1 heterocycles. The van der Waals surface area contributed by atoms with Crippen LogP contribution >= 0.6 is 0 Å². The molecule has 0 aliphatic heterocycles. The number of hydrogen-bond acceptors (Lipinski definition) is 4. The molecule has 5 aromatic carbocycles. The Kier molecular flexibility index (Phi) is 6.64. The van der Waals surface area contributed by atoms with Crippen LogP contribution in [-0.4, -0.2) is 11.1 Å². The molecular weight excluding hydrogens is 486 g/mol. The van der Waals surface area contributed by atoms with Crippen molar-refractivity contribution in [3.63, 3.8) is 0 Å². The minimum absolute atomic E-state index is 0.282. The summed E-state index contributed by atoms with van der Waals surface area (Å²) in [4.78, 5) is 16.8. The Bertz CT molecular complexity index is 1780. The maximum absolute atomic E-state index is 11.2. The second-order valence-electron chi connectivity index (χ2n) is 9.21. The summed E-state index contributed by atoms with van der Waals surface area (Å²) in [6.45, 7) is 0.282. The van der Waals surface area contributed by atoms with Crippen LogP contribution in [-0.2, 0) is 16.2 Å². The Morgan fingerprint density at radius 3 is 2.10 bits per heavy atom.